The van der Waals surface area contributed by atoms with Gasteiger partial charge in [0, 0.05) is 5.56 Å². The SMILES string of the molecule is COc1cccc(C=C2NC(=S)NC2=O)c1OC(C)C. The Morgan fingerprint density at radius 3 is 2.60 bits per heavy atom. The summed E-state index contributed by atoms with van der Waals surface area (Å²) in [5.41, 5.74) is 1.14. The highest BCUT2D eigenvalue weighted by Crippen LogP contribution is 2.33. The minimum absolute atomic E-state index is 0.00473. The number of carbonyl (C=O) groups is 1. The number of thiocarbonyl (C=S) groups is 1. The zero-order chi connectivity index (χ0) is 14.7. The maximum absolute atomic E-state index is 11.7. The lowest BCUT2D eigenvalue weighted by Crippen LogP contribution is -2.21. The van der Waals surface area contributed by atoms with Gasteiger partial charge in [0.25, 0.3) is 5.91 Å². The Bertz CT molecular complexity index is 582. The van der Waals surface area contributed by atoms with Crippen LogP contribution >= 0.6 is 12.2 Å². The van der Waals surface area contributed by atoms with E-state index in [2.05, 4.69) is 10.6 Å². The lowest BCUT2D eigenvalue weighted by Gasteiger charge is -2.16. The van der Waals surface area contributed by atoms with E-state index in [1.165, 1.54) is 0 Å². The molecule has 0 bridgehead atoms. The topological polar surface area (TPSA) is 59.6 Å². The zero-order valence-electron chi connectivity index (χ0n) is 11.5. The Kier molecular flexibility index (Phi) is 4.24. The van der Waals surface area contributed by atoms with Gasteiger partial charge < -0.3 is 14.8 Å². The van der Waals surface area contributed by atoms with Crippen molar-refractivity contribution in [2.24, 2.45) is 0 Å². The molecule has 0 atom stereocenters. The molecule has 0 spiro atoms. The molecule has 1 amide bonds. The van der Waals surface area contributed by atoms with E-state index in [1.54, 1.807) is 13.2 Å². The van der Waals surface area contributed by atoms with Crippen molar-refractivity contribution in [1.82, 2.24) is 10.6 Å². The lowest BCUT2D eigenvalue weighted by atomic mass is 10.1. The van der Waals surface area contributed by atoms with Gasteiger partial charge >= 0.3 is 0 Å². The molecule has 20 heavy (non-hydrogen) atoms. The van der Waals surface area contributed by atoms with Crippen molar-refractivity contribution in [2.75, 3.05) is 7.11 Å². The summed E-state index contributed by atoms with van der Waals surface area (Å²) in [6.07, 6.45) is 1.68. The molecule has 1 aliphatic rings. The molecule has 0 aromatic heterocycles. The Morgan fingerprint density at radius 2 is 2.05 bits per heavy atom. The van der Waals surface area contributed by atoms with E-state index in [1.807, 2.05) is 32.0 Å². The number of amides is 1. The van der Waals surface area contributed by atoms with Crippen LogP contribution in [-0.2, 0) is 4.79 Å². The van der Waals surface area contributed by atoms with E-state index in [0.717, 1.165) is 5.56 Å². The molecule has 6 heteroatoms. The van der Waals surface area contributed by atoms with E-state index < -0.39 is 0 Å². The first-order valence-electron chi connectivity index (χ1n) is 6.19. The van der Waals surface area contributed by atoms with Gasteiger partial charge in [-0.1, -0.05) is 12.1 Å². The fourth-order valence-electron chi connectivity index (χ4n) is 1.81. The minimum atomic E-state index is -0.256. The molecule has 0 saturated carbocycles. The largest absolute Gasteiger partial charge is 0.493 e. The second-order valence-corrected chi connectivity index (χ2v) is 4.92. The normalized spacial score (nSPS) is 16.3. The summed E-state index contributed by atoms with van der Waals surface area (Å²) < 4.78 is 11.1. The van der Waals surface area contributed by atoms with Crippen LogP contribution < -0.4 is 20.1 Å². The van der Waals surface area contributed by atoms with Gasteiger partial charge in [-0.2, -0.15) is 0 Å². The first kappa shape index (κ1) is 14.3. The summed E-state index contributed by atoms with van der Waals surface area (Å²) in [5, 5.41) is 5.62. The van der Waals surface area contributed by atoms with Gasteiger partial charge in [0.1, 0.15) is 5.70 Å². The second-order valence-electron chi connectivity index (χ2n) is 4.51. The molecule has 1 aliphatic heterocycles. The average Bonchev–Trinajstić information content (AvgIpc) is 2.69. The molecule has 106 valence electrons. The van der Waals surface area contributed by atoms with Gasteiger partial charge in [0.2, 0.25) is 0 Å². The van der Waals surface area contributed by atoms with Crippen LogP contribution in [0, 0.1) is 0 Å². The highest BCUT2D eigenvalue weighted by atomic mass is 32.1. The Balaban J connectivity index is 2.43. The molecule has 1 heterocycles. The van der Waals surface area contributed by atoms with Crippen molar-refractivity contribution in [3.63, 3.8) is 0 Å². The second kappa shape index (κ2) is 5.92. The number of benzene rings is 1. The molecule has 1 aromatic rings. The molecule has 5 nitrogen and oxygen atoms in total. The molecule has 2 N–H and O–H groups in total. The molecular weight excluding hydrogens is 276 g/mol. The minimum Gasteiger partial charge on any atom is -0.493 e. The number of carbonyl (C=O) groups excluding carboxylic acids is 1. The van der Waals surface area contributed by atoms with Crippen molar-refractivity contribution < 1.29 is 14.3 Å². The number of hydrogen-bond acceptors (Lipinski definition) is 4. The Hall–Kier alpha value is -2.08. The van der Waals surface area contributed by atoms with E-state index in [4.69, 9.17) is 21.7 Å². The maximum Gasteiger partial charge on any atom is 0.273 e. The standard InChI is InChI=1S/C14H16N2O3S/c1-8(2)19-12-9(5-4-6-11(12)18-3)7-10-13(17)16-14(20)15-10/h4-8H,1-3H3,(H2,15,16,17,20). The van der Waals surface area contributed by atoms with Gasteiger partial charge in [-0.25, -0.2) is 0 Å². The quantitative estimate of drug-likeness (QED) is 0.655. The fraction of sp³-hybridized carbons (Fsp3) is 0.286. The molecule has 0 unspecified atom stereocenters. The zero-order valence-corrected chi connectivity index (χ0v) is 12.3. The van der Waals surface area contributed by atoms with Gasteiger partial charge in [-0.15, -0.1) is 0 Å². The van der Waals surface area contributed by atoms with E-state index in [0.29, 0.717) is 22.3 Å². The molecule has 1 fully saturated rings. The smallest absolute Gasteiger partial charge is 0.273 e. The van der Waals surface area contributed by atoms with Crippen LogP contribution in [0.5, 0.6) is 11.5 Å². The number of ether oxygens (including phenoxy) is 2. The monoisotopic (exact) mass is 292 g/mol. The summed E-state index contributed by atoms with van der Waals surface area (Å²) in [7, 11) is 1.58. The van der Waals surface area contributed by atoms with Crippen LogP contribution in [0.1, 0.15) is 19.4 Å². The third-order valence-corrected chi connectivity index (χ3v) is 2.81. The van der Waals surface area contributed by atoms with E-state index in [-0.39, 0.29) is 12.0 Å². The van der Waals surface area contributed by atoms with Crippen LogP contribution in [0.2, 0.25) is 0 Å². The van der Waals surface area contributed by atoms with E-state index >= 15 is 0 Å². The predicted octanol–water partition coefficient (Wildman–Crippen LogP) is 1.83. The van der Waals surface area contributed by atoms with Crippen LogP contribution in [0.25, 0.3) is 6.08 Å². The number of hydrogen-bond donors (Lipinski definition) is 2. The highest BCUT2D eigenvalue weighted by Gasteiger charge is 2.21. The van der Waals surface area contributed by atoms with Crippen LogP contribution in [-0.4, -0.2) is 24.2 Å². The predicted molar refractivity (Wildman–Crippen MR) is 80.6 cm³/mol. The summed E-state index contributed by atoms with van der Waals surface area (Å²) in [5.74, 6) is 0.965. The summed E-state index contributed by atoms with van der Waals surface area (Å²) in [6, 6.07) is 5.50. The fourth-order valence-corrected chi connectivity index (χ4v) is 2.01. The summed E-state index contributed by atoms with van der Waals surface area (Å²) in [4.78, 5) is 11.7. The van der Waals surface area contributed by atoms with Crippen molar-refractivity contribution in [3.8, 4) is 11.5 Å². The van der Waals surface area contributed by atoms with Gasteiger partial charge in [-0.05, 0) is 38.2 Å². The molecule has 1 aromatic carbocycles. The number of para-hydroxylation sites is 1. The number of nitrogens with one attached hydrogen (secondary N) is 2. The van der Waals surface area contributed by atoms with Crippen molar-refractivity contribution in [3.05, 3.63) is 29.5 Å². The van der Waals surface area contributed by atoms with Crippen molar-refractivity contribution in [2.45, 2.75) is 20.0 Å². The van der Waals surface area contributed by atoms with Crippen LogP contribution in [0.3, 0.4) is 0 Å². The van der Waals surface area contributed by atoms with Gasteiger partial charge in [-0.3, -0.25) is 10.1 Å². The number of methoxy groups -OCH3 is 1. The molecule has 0 radical (unpaired) electrons. The summed E-state index contributed by atoms with van der Waals surface area (Å²) in [6.45, 7) is 3.86. The lowest BCUT2D eigenvalue weighted by molar-refractivity contribution is -0.115. The molecule has 2 rings (SSSR count). The molecule has 0 aliphatic carbocycles. The van der Waals surface area contributed by atoms with Crippen molar-refractivity contribution in [1.29, 1.82) is 0 Å². The third kappa shape index (κ3) is 3.08. The first-order chi connectivity index (χ1) is 9.51. The van der Waals surface area contributed by atoms with Crippen molar-refractivity contribution >= 4 is 29.3 Å². The maximum atomic E-state index is 11.7. The molecular formula is C14H16N2O3S. The Morgan fingerprint density at radius 1 is 1.30 bits per heavy atom. The third-order valence-electron chi connectivity index (χ3n) is 2.60. The number of rotatable bonds is 4. The average molecular weight is 292 g/mol. The van der Waals surface area contributed by atoms with Gasteiger partial charge in [0.05, 0.1) is 13.2 Å². The first-order valence-corrected chi connectivity index (χ1v) is 6.59. The Labute approximate surface area is 123 Å². The van der Waals surface area contributed by atoms with Crippen LogP contribution in [0.4, 0.5) is 0 Å². The van der Waals surface area contributed by atoms with Crippen LogP contribution in [0.15, 0.2) is 23.9 Å². The van der Waals surface area contributed by atoms with E-state index in [9.17, 15) is 4.79 Å². The highest BCUT2D eigenvalue weighted by molar-refractivity contribution is 7.80. The van der Waals surface area contributed by atoms with Gasteiger partial charge in [0.15, 0.2) is 16.6 Å². The summed E-state index contributed by atoms with van der Waals surface area (Å²) >= 11 is 4.90. The molecule has 1 saturated heterocycles.